The summed E-state index contributed by atoms with van der Waals surface area (Å²) in [6, 6.07) is 28.6. The van der Waals surface area contributed by atoms with E-state index in [1.54, 1.807) is 42.6 Å². The fourth-order valence-corrected chi connectivity index (χ4v) is 11.4. The number of nitro benzene ring substituents is 5. The highest BCUT2D eigenvalue weighted by molar-refractivity contribution is 6.67. The molecule has 6 aromatic heterocycles. The van der Waals surface area contributed by atoms with E-state index in [1.807, 2.05) is 30.3 Å². The van der Waals surface area contributed by atoms with Crippen LogP contribution in [0.4, 0.5) is 109 Å². The minimum atomic E-state index is -1.89. The normalized spacial score (nSPS) is 10.2. The third kappa shape index (κ3) is 25.1. The van der Waals surface area contributed by atoms with E-state index in [0.717, 1.165) is 41.4 Å². The van der Waals surface area contributed by atoms with Gasteiger partial charge >= 0.3 is 45.8 Å². The maximum atomic E-state index is 14.3. The number of nitrogen functional groups attached to an aromatic ring is 1. The lowest BCUT2D eigenvalue weighted by molar-refractivity contribution is -0.387. The van der Waals surface area contributed by atoms with Gasteiger partial charge in [-0.1, -0.05) is 95.5 Å². The number of hydrogen-bond acceptors (Lipinski definition) is 22. The number of halogens is 17. The van der Waals surface area contributed by atoms with Crippen LogP contribution < -0.4 is 5.73 Å². The van der Waals surface area contributed by atoms with Gasteiger partial charge in [0.25, 0.3) is 5.24 Å². The molecule has 8 aromatic carbocycles. The molecule has 0 aliphatic carbocycles. The molecule has 0 fully saturated rings. The second-order valence-corrected chi connectivity index (χ2v) is 26.1. The van der Waals surface area contributed by atoms with E-state index in [1.165, 1.54) is 24.8 Å². The Morgan fingerprint density at radius 2 is 0.771 bits per heavy atom. The Labute approximate surface area is 744 Å². The number of ketones is 2. The fourth-order valence-electron chi connectivity index (χ4n) is 10.3. The Morgan fingerprint density at radius 3 is 1.17 bits per heavy atom. The molecule has 0 amide bonds. The highest BCUT2D eigenvalue weighted by atomic mass is 35.5. The van der Waals surface area contributed by atoms with Crippen LogP contribution in [0.25, 0.3) is 47.6 Å². The standard InChI is InChI=1S/C15H5ClF2N4O3.C15H7ClF2N4O.C14H9F2NO4.C8H4ClN3.C8H7ClO2.C7H2ClF2NO3.C7H3F2NO4.C6H3F2NO2/c1-19-8-5-21-15-10(12(8)16)6(4-20-15)14(23)11-7(17)2-3-9(13(11)18)22(24)25;1-20-9-5-22-15-10(12(9)16)6(4-21-15)14(23)11-7(17)2-3-8(19)13(11)18;15-10-6-7-11(17(19)20)13(16)12(10)14(18)21-8-9-4-2-1-3-5-9;1-10-6-4-12-8-5(7(6)9)2-3-11-8;9-8(10)11-6-7-4-2-1-3-5-7;8-7(12)5-3(9)1-2-4(6(5)10)11(13)14;8-3-1-2-4(10(13)14)6(9)5(3)7(11)12;7-4-1-2-6(9(10)11)5(8)3-4/h2-5H,(H,20,21);2-5H,19H2,(H,21,22);1-7H,8H2;2-4H,(H,11,12);1-5H,6H2;1-2H;1-2H,(H,11,12);1-3H. The van der Waals surface area contributed by atoms with E-state index < -0.39 is 185 Å². The molecule has 0 spiro atoms. The third-order valence-corrected chi connectivity index (χ3v) is 17.8. The molecule has 6 heterocycles. The number of nitro groups is 5. The van der Waals surface area contributed by atoms with Gasteiger partial charge in [-0.3, -0.25) is 79.9 Å². The van der Waals surface area contributed by atoms with E-state index in [9.17, 15) is 132 Å². The lowest BCUT2D eigenvalue weighted by Gasteiger charge is -2.07. The molecule has 14 rings (SSSR count). The van der Waals surface area contributed by atoms with Crippen molar-refractivity contribution in [1.82, 2.24) is 29.9 Å². The summed E-state index contributed by atoms with van der Waals surface area (Å²) in [7, 11) is 0. The Bertz CT molecular complexity index is 6950. The van der Waals surface area contributed by atoms with Crippen molar-refractivity contribution in [2.75, 3.05) is 5.73 Å². The summed E-state index contributed by atoms with van der Waals surface area (Å²) in [6.07, 6.45) is 7.99. The van der Waals surface area contributed by atoms with Crippen LogP contribution in [0, 0.1) is 140 Å². The van der Waals surface area contributed by atoms with Gasteiger partial charge in [0.05, 0.1) is 70.7 Å². The molecule has 0 saturated heterocycles. The second-order valence-electron chi connectivity index (χ2n) is 24.3. The van der Waals surface area contributed by atoms with Crippen molar-refractivity contribution in [3.63, 3.8) is 0 Å². The molecule has 0 atom stereocenters. The van der Waals surface area contributed by atoms with Crippen LogP contribution in [0.2, 0.25) is 15.1 Å². The zero-order chi connectivity index (χ0) is 97.3. The number of aromatic amines is 3. The number of fused-ring (bicyclic) bond motifs is 3. The number of ether oxygens (including phenoxy) is 2. The quantitative estimate of drug-likeness (QED) is 0.00876. The van der Waals surface area contributed by atoms with Crippen LogP contribution in [0.15, 0.2) is 183 Å². The molecular formula is C80H40Cl5F12N15O19. The van der Waals surface area contributed by atoms with Crippen LogP contribution >= 0.6 is 58.0 Å². The van der Waals surface area contributed by atoms with Gasteiger partial charge in [0.2, 0.25) is 57.7 Å². The van der Waals surface area contributed by atoms with Gasteiger partial charge in [-0.2, -0.15) is 22.0 Å². The molecule has 0 radical (unpaired) electrons. The first-order valence-electron chi connectivity index (χ1n) is 34.4. The number of pyridine rings is 3. The van der Waals surface area contributed by atoms with Gasteiger partial charge in [0, 0.05) is 112 Å². The molecule has 0 aliphatic heterocycles. The summed E-state index contributed by atoms with van der Waals surface area (Å²) in [5.41, 5.74) is -3.22. The monoisotopic (exact) mass is 1920 g/mol. The fraction of sp³-hybridized carbons (Fsp3) is 0.0250. The predicted octanol–water partition coefficient (Wildman–Crippen LogP) is 22.3. The summed E-state index contributed by atoms with van der Waals surface area (Å²) < 4.78 is 169. The van der Waals surface area contributed by atoms with Crippen molar-refractivity contribution in [2.24, 2.45) is 0 Å². The van der Waals surface area contributed by atoms with Crippen molar-refractivity contribution >= 4 is 176 Å². The molecule has 131 heavy (non-hydrogen) atoms. The van der Waals surface area contributed by atoms with Crippen molar-refractivity contribution in [1.29, 1.82) is 0 Å². The number of carboxylic acids is 1. The molecule has 0 bridgehead atoms. The first kappa shape index (κ1) is 101. The van der Waals surface area contributed by atoms with Gasteiger partial charge in [-0.25, -0.2) is 59.7 Å². The maximum absolute atomic E-state index is 14.3. The van der Waals surface area contributed by atoms with Crippen LogP contribution in [-0.4, -0.2) is 93.8 Å². The molecule has 51 heteroatoms. The van der Waals surface area contributed by atoms with E-state index >= 15 is 0 Å². The number of esters is 1. The topological polar surface area (TPSA) is 482 Å². The van der Waals surface area contributed by atoms with Crippen molar-refractivity contribution in [3.05, 3.63) is 403 Å². The average molecular weight is 1920 g/mol. The van der Waals surface area contributed by atoms with Gasteiger partial charge in [-0.15, -0.1) is 0 Å². The zero-order valence-corrected chi connectivity index (χ0v) is 67.7. The van der Waals surface area contributed by atoms with Crippen molar-refractivity contribution < 1.29 is 121 Å². The minimum absolute atomic E-state index is 0.00507. The number of hydrogen-bond donors (Lipinski definition) is 5. The third-order valence-electron chi connectivity index (χ3n) is 16.4. The number of aromatic carboxylic acids is 1. The number of nitrogens with zero attached hydrogens (tertiary/aromatic N) is 11. The maximum Gasteiger partial charge on any atom is 0.404 e. The summed E-state index contributed by atoms with van der Waals surface area (Å²) in [5, 5.41) is 59.9. The lowest BCUT2D eigenvalue weighted by atomic mass is 10.0. The molecule has 14 aromatic rings. The molecule has 0 aliphatic rings. The average Bonchev–Trinajstić information content (AvgIpc) is 1.64. The van der Waals surface area contributed by atoms with Gasteiger partial charge in [0.15, 0.2) is 5.82 Å². The smallest absolute Gasteiger partial charge is 0.404 e. The van der Waals surface area contributed by atoms with E-state index in [2.05, 4.69) is 49.2 Å². The van der Waals surface area contributed by atoms with E-state index in [0.29, 0.717) is 76.5 Å². The molecule has 0 unspecified atom stereocenters. The van der Waals surface area contributed by atoms with E-state index in [-0.39, 0.29) is 73.5 Å². The molecule has 668 valence electrons. The first-order chi connectivity index (χ1) is 61.9. The lowest BCUT2D eigenvalue weighted by Crippen LogP contribution is -2.11. The van der Waals surface area contributed by atoms with Crippen LogP contribution in [0.1, 0.15) is 74.0 Å². The summed E-state index contributed by atoms with van der Waals surface area (Å²) in [6.45, 7) is 20.9. The van der Waals surface area contributed by atoms with Crippen molar-refractivity contribution in [2.45, 2.75) is 13.2 Å². The van der Waals surface area contributed by atoms with E-state index in [4.69, 9.17) is 93.3 Å². The Kier molecular flexibility index (Phi) is 35.4. The number of benzene rings is 8. The van der Waals surface area contributed by atoms with Gasteiger partial charge in [-0.05, 0) is 71.3 Å². The molecular weight excluding hydrogens is 1880 g/mol. The molecule has 34 nitrogen and oxygen atoms in total. The largest absolute Gasteiger partial charge is 0.477 e. The number of anilines is 1. The van der Waals surface area contributed by atoms with Crippen LogP contribution in [0.5, 0.6) is 0 Å². The Balaban J connectivity index is 0.000000209. The number of nitrogens with two attached hydrogens (primary N) is 1. The first-order valence-corrected chi connectivity index (χ1v) is 36.3. The summed E-state index contributed by atoms with van der Waals surface area (Å²) >= 11 is 27.9. The Morgan fingerprint density at radius 1 is 0.420 bits per heavy atom. The number of carbonyl (C=O) groups is 6. The van der Waals surface area contributed by atoms with Gasteiger partial charge in [0.1, 0.15) is 87.3 Å². The SMILES string of the molecule is O=C(Cl)OCc1ccccc1.O=C(Cl)c1c(F)ccc([N+](=O)[O-])c1F.O=C(O)c1c(F)ccc([N+](=O)[O-])c1F.O=C(OCc1ccccc1)c1c(F)ccc([N+](=O)[O-])c1F.O=[N+]([O-])c1ccc(F)cc1F.[C-]#[N+]c1cnc2[nH]cc(C(=O)c3c(F)ccc(N)c3F)c2c1Cl.[C-]#[N+]c1cnc2[nH]cc(C(=O)c3c(F)ccc([N+](=O)[O-])c3F)c2c1Cl.[C-]#[N+]c1cnc2[nH]ccc2c1Cl. The number of carboxylic acid groups (broad SMARTS) is 1. The predicted molar refractivity (Wildman–Crippen MR) is 440 cm³/mol. The minimum Gasteiger partial charge on any atom is -0.477 e. The van der Waals surface area contributed by atoms with Crippen LogP contribution in [-0.2, 0) is 22.7 Å². The number of rotatable bonds is 16. The second kappa shape index (κ2) is 45.9. The molecule has 6 N–H and O–H groups in total. The number of nitrogens with one attached hydrogen (secondary N) is 3. The Hall–Kier alpha value is -16.9. The zero-order valence-electron chi connectivity index (χ0n) is 64.0. The highest BCUT2D eigenvalue weighted by Crippen LogP contribution is 2.39. The number of carbonyl (C=O) groups excluding carboxylic acids is 5. The van der Waals surface area contributed by atoms with Crippen molar-refractivity contribution in [3.8, 4) is 0 Å². The molecule has 0 saturated carbocycles. The van der Waals surface area contributed by atoms with Gasteiger partial charge < -0.3 is 35.3 Å². The summed E-state index contributed by atoms with van der Waals surface area (Å²) in [4.78, 5) is 144. The summed E-state index contributed by atoms with van der Waals surface area (Å²) in [5.74, 6) is -20.9. The number of H-pyrrole nitrogens is 3. The highest BCUT2D eigenvalue weighted by Gasteiger charge is 2.33. The van der Waals surface area contributed by atoms with Crippen LogP contribution in [0.3, 0.4) is 0 Å². The number of aromatic nitrogens is 6.